The summed E-state index contributed by atoms with van der Waals surface area (Å²) in [5.74, 6) is -0.238. The van der Waals surface area contributed by atoms with Crippen molar-refractivity contribution in [3.63, 3.8) is 0 Å². The molecular weight excluding hydrogens is 218 g/mol. The Morgan fingerprint density at radius 2 is 2.07 bits per heavy atom. The van der Waals surface area contributed by atoms with Gasteiger partial charge in [-0.2, -0.15) is 17.4 Å². The Hall–Kier alpha value is -0.660. The minimum atomic E-state index is -3.52. The highest BCUT2D eigenvalue weighted by atomic mass is 32.2. The van der Waals surface area contributed by atoms with E-state index < -0.39 is 16.3 Å². The monoisotopic (exact) mass is 235 g/mol. The zero-order chi connectivity index (χ0) is 11.5. The Morgan fingerprint density at radius 3 is 2.67 bits per heavy atom. The summed E-state index contributed by atoms with van der Waals surface area (Å²) >= 11 is 0. The number of rotatable bonds is 3. The largest absolute Gasteiger partial charge is 0.355 e. The molecule has 88 valence electrons. The highest BCUT2D eigenvalue weighted by molar-refractivity contribution is 7.87. The molecule has 0 unspecified atom stereocenters. The van der Waals surface area contributed by atoms with E-state index in [0.29, 0.717) is 13.0 Å². The standard InChI is InChI=1S/C8H17N3O3S/c1-11(2)15(13,14)10-7-5-3-4-6-9-8(7)12/h7,10H,3-6H2,1-2H3,(H,9,12)/t7-/m1/s1. The number of nitrogens with zero attached hydrogens (tertiary/aromatic N) is 1. The molecule has 1 amide bonds. The van der Waals surface area contributed by atoms with Crippen LogP contribution in [0.1, 0.15) is 19.3 Å². The lowest BCUT2D eigenvalue weighted by molar-refractivity contribution is -0.122. The van der Waals surface area contributed by atoms with Crippen LogP contribution in [-0.2, 0) is 15.0 Å². The molecule has 1 heterocycles. The lowest BCUT2D eigenvalue weighted by Crippen LogP contribution is -2.48. The number of amides is 1. The molecule has 0 aromatic carbocycles. The van der Waals surface area contributed by atoms with Crippen molar-refractivity contribution >= 4 is 16.1 Å². The zero-order valence-electron chi connectivity index (χ0n) is 8.99. The maximum absolute atomic E-state index is 11.5. The predicted molar refractivity (Wildman–Crippen MR) is 56.4 cm³/mol. The average molecular weight is 235 g/mol. The molecule has 1 fully saturated rings. The van der Waals surface area contributed by atoms with Gasteiger partial charge in [0.1, 0.15) is 6.04 Å². The third-order valence-electron chi connectivity index (χ3n) is 2.31. The van der Waals surface area contributed by atoms with Crippen LogP contribution in [0.5, 0.6) is 0 Å². The molecule has 0 aliphatic carbocycles. The smallest absolute Gasteiger partial charge is 0.279 e. The highest BCUT2D eigenvalue weighted by Crippen LogP contribution is 2.07. The average Bonchev–Trinajstić information content (AvgIpc) is 2.31. The van der Waals surface area contributed by atoms with Gasteiger partial charge in [0.2, 0.25) is 5.91 Å². The van der Waals surface area contributed by atoms with E-state index in [9.17, 15) is 13.2 Å². The van der Waals surface area contributed by atoms with Crippen molar-refractivity contribution in [3.05, 3.63) is 0 Å². The van der Waals surface area contributed by atoms with Gasteiger partial charge in [-0.3, -0.25) is 4.79 Å². The van der Waals surface area contributed by atoms with Gasteiger partial charge in [0.25, 0.3) is 10.2 Å². The molecule has 0 aromatic rings. The third kappa shape index (κ3) is 3.44. The summed E-state index contributed by atoms with van der Waals surface area (Å²) in [5.41, 5.74) is 0. The first-order chi connectivity index (χ1) is 6.93. The van der Waals surface area contributed by atoms with Gasteiger partial charge in [-0.15, -0.1) is 0 Å². The Bertz CT molecular complexity index is 326. The molecule has 1 rings (SSSR count). The number of carbonyl (C=O) groups excluding carboxylic acids is 1. The van der Waals surface area contributed by atoms with Crippen molar-refractivity contribution in [2.45, 2.75) is 25.3 Å². The van der Waals surface area contributed by atoms with Crippen LogP contribution in [0.25, 0.3) is 0 Å². The Labute approximate surface area is 90.2 Å². The van der Waals surface area contributed by atoms with E-state index in [1.54, 1.807) is 0 Å². The van der Waals surface area contributed by atoms with Crippen LogP contribution < -0.4 is 10.0 Å². The second kappa shape index (κ2) is 4.91. The summed E-state index contributed by atoms with van der Waals surface area (Å²) in [7, 11) is -0.669. The molecule has 0 saturated carbocycles. The molecule has 1 aliphatic rings. The normalized spacial score (nSPS) is 23.7. The minimum absolute atomic E-state index is 0.238. The van der Waals surface area contributed by atoms with Gasteiger partial charge in [0, 0.05) is 20.6 Å². The second-order valence-electron chi connectivity index (χ2n) is 3.74. The summed E-state index contributed by atoms with van der Waals surface area (Å²) < 4.78 is 26.4. The van der Waals surface area contributed by atoms with Crippen molar-refractivity contribution in [2.24, 2.45) is 0 Å². The summed E-state index contributed by atoms with van der Waals surface area (Å²) in [5, 5.41) is 2.67. The quantitative estimate of drug-likeness (QED) is 0.662. The number of hydrogen-bond donors (Lipinski definition) is 2. The van der Waals surface area contributed by atoms with Crippen LogP contribution in [-0.4, -0.2) is 45.3 Å². The number of hydrogen-bond acceptors (Lipinski definition) is 3. The topological polar surface area (TPSA) is 78.5 Å². The van der Waals surface area contributed by atoms with Crippen molar-refractivity contribution in [1.82, 2.24) is 14.3 Å². The third-order valence-corrected chi connectivity index (χ3v) is 3.85. The van der Waals surface area contributed by atoms with E-state index in [1.807, 2.05) is 0 Å². The summed E-state index contributed by atoms with van der Waals surface area (Å²) in [6.45, 7) is 0.624. The maximum atomic E-state index is 11.5. The van der Waals surface area contributed by atoms with E-state index in [4.69, 9.17) is 0 Å². The predicted octanol–water partition coefficient (Wildman–Crippen LogP) is -0.949. The Kier molecular flexibility index (Phi) is 4.06. The van der Waals surface area contributed by atoms with Crippen LogP contribution in [0.2, 0.25) is 0 Å². The van der Waals surface area contributed by atoms with Crippen LogP contribution in [0.3, 0.4) is 0 Å². The fourth-order valence-corrected chi connectivity index (χ4v) is 2.13. The molecular formula is C8H17N3O3S. The van der Waals surface area contributed by atoms with Crippen LogP contribution in [0.15, 0.2) is 0 Å². The SMILES string of the molecule is CN(C)S(=O)(=O)N[C@@H]1CCCCNC1=O. The lowest BCUT2D eigenvalue weighted by atomic mass is 10.1. The fourth-order valence-electron chi connectivity index (χ4n) is 1.34. The lowest BCUT2D eigenvalue weighted by Gasteiger charge is -2.18. The van der Waals surface area contributed by atoms with Gasteiger partial charge in [-0.1, -0.05) is 0 Å². The first kappa shape index (κ1) is 12.4. The van der Waals surface area contributed by atoms with Crippen molar-refractivity contribution in [1.29, 1.82) is 0 Å². The second-order valence-corrected chi connectivity index (χ2v) is 5.66. The van der Waals surface area contributed by atoms with E-state index >= 15 is 0 Å². The molecule has 0 bridgehead atoms. The summed E-state index contributed by atoms with van der Waals surface area (Å²) in [6.07, 6.45) is 2.30. The molecule has 0 aromatic heterocycles. The van der Waals surface area contributed by atoms with Gasteiger partial charge < -0.3 is 5.32 Å². The molecule has 15 heavy (non-hydrogen) atoms. The molecule has 2 N–H and O–H groups in total. The molecule has 1 atom stereocenters. The van der Waals surface area contributed by atoms with Gasteiger partial charge in [-0.05, 0) is 19.3 Å². The van der Waals surface area contributed by atoms with Crippen molar-refractivity contribution < 1.29 is 13.2 Å². The van der Waals surface area contributed by atoms with Crippen LogP contribution in [0, 0.1) is 0 Å². The van der Waals surface area contributed by atoms with E-state index in [2.05, 4.69) is 10.0 Å². The highest BCUT2D eigenvalue weighted by Gasteiger charge is 2.26. The fraction of sp³-hybridized carbons (Fsp3) is 0.875. The molecule has 0 radical (unpaired) electrons. The minimum Gasteiger partial charge on any atom is -0.355 e. The van der Waals surface area contributed by atoms with Gasteiger partial charge in [-0.25, -0.2) is 0 Å². The first-order valence-corrected chi connectivity index (χ1v) is 6.35. The van der Waals surface area contributed by atoms with Gasteiger partial charge >= 0.3 is 0 Å². The van der Waals surface area contributed by atoms with E-state index in [0.717, 1.165) is 17.1 Å². The molecule has 7 heteroatoms. The van der Waals surface area contributed by atoms with Gasteiger partial charge in [0.05, 0.1) is 0 Å². The van der Waals surface area contributed by atoms with Gasteiger partial charge in [0.15, 0.2) is 0 Å². The van der Waals surface area contributed by atoms with Crippen LogP contribution >= 0.6 is 0 Å². The zero-order valence-corrected chi connectivity index (χ0v) is 9.80. The summed E-state index contributed by atoms with van der Waals surface area (Å²) in [4.78, 5) is 11.5. The molecule has 1 saturated heterocycles. The van der Waals surface area contributed by atoms with E-state index in [1.165, 1.54) is 14.1 Å². The van der Waals surface area contributed by atoms with Crippen molar-refractivity contribution in [2.75, 3.05) is 20.6 Å². The van der Waals surface area contributed by atoms with Crippen molar-refractivity contribution in [3.8, 4) is 0 Å². The molecule has 1 aliphatic heterocycles. The van der Waals surface area contributed by atoms with Crippen LogP contribution in [0.4, 0.5) is 0 Å². The van der Waals surface area contributed by atoms with E-state index in [-0.39, 0.29) is 5.91 Å². The Balaban J connectivity index is 2.67. The maximum Gasteiger partial charge on any atom is 0.279 e. The number of nitrogens with one attached hydrogen (secondary N) is 2. The number of carbonyl (C=O) groups is 1. The first-order valence-electron chi connectivity index (χ1n) is 4.91. The molecule has 6 nitrogen and oxygen atoms in total. The Morgan fingerprint density at radius 1 is 1.40 bits per heavy atom. The molecule has 0 spiro atoms. The summed E-state index contributed by atoms with van der Waals surface area (Å²) in [6, 6.07) is -0.639.